The summed E-state index contributed by atoms with van der Waals surface area (Å²) in [6.07, 6.45) is 5.09. The van der Waals surface area contributed by atoms with Gasteiger partial charge in [0.05, 0.1) is 0 Å². The molecule has 19 heavy (non-hydrogen) atoms. The molecule has 0 bridgehead atoms. The van der Waals surface area contributed by atoms with E-state index in [4.69, 9.17) is 16.6 Å². The van der Waals surface area contributed by atoms with E-state index in [1.54, 1.807) is 0 Å². The molecule has 2 aromatic rings. The van der Waals surface area contributed by atoms with Gasteiger partial charge >= 0.3 is 0 Å². The minimum Gasteiger partial charge on any atom is -0.233 e. The predicted molar refractivity (Wildman–Crippen MR) is 76.4 cm³/mol. The van der Waals surface area contributed by atoms with Gasteiger partial charge in [0, 0.05) is 17.2 Å². The number of rotatable bonds is 3. The molecule has 2 aliphatic rings. The molecule has 1 aromatic heterocycles. The van der Waals surface area contributed by atoms with Gasteiger partial charge in [0.15, 0.2) is 5.82 Å². The van der Waals surface area contributed by atoms with Crippen LogP contribution in [0.3, 0.4) is 0 Å². The molecule has 0 spiro atoms. The Morgan fingerprint density at radius 1 is 0.947 bits per heavy atom. The van der Waals surface area contributed by atoms with Crippen LogP contribution in [0.25, 0.3) is 11.4 Å². The Labute approximate surface area is 117 Å². The van der Waals surface area contributed by atoms with Crippen molar-refractivity contribution in [2.45, 2.75) is 37.5 Å². The first-order chi connectivity index (χ1) is 9.29. The van der Waals surface area contributed by atoms with Gasteiger partial charge in [0.2, 0.25) is 0 Å². The number of hydrogen-bond acceptors (Lipinski definition) is 2. The molecule has 1 aromatic carbocycles. The summed E-state index contributed by atoms with van der Waals surface area (Å²) in [5.74, 6) is 2.13. The maximum absolute atomic E-state index is 6.14. The summed E-state index contributed by atoms with van der Waals surface area (Å²) in [6.45, 7) is 0. The Kier molecular flexibility index (Phi) is 2.59. The molecule has 0 amide bonds. The van der Waals surface area contributed by atoms with E-state index >= 15 is 0 Å². The molecular weight excluding hydrogens is 256 g/mol. The number of hydrogen-bond donors (Lipinski definition) is 0. The highest BCUT2D eigenvalue weighted by molar-refractivity contribution is 6.29. The third-order valence-electron chi connectivity index (χ3n) is 3.90. The van der Waals surface area contributed by atoms with Crippen molar-refractivity contribution in [3.05, 3.63) is 46.7 Å². The van der Waals surface area contributed by atoms with Gasteiger partial charge in [-0.05, 0) is 49.3 Å². The first-order valence-electron chi connectivity index (χ1n) is 6.94. The van der Waals surface area contributed by atoms with Crippen molar-refractivity contribution in [3.8, 4) is 11.4 Å². The van der Waals surface area contributed by atoms with Crippen LogP contribution in [0.15, 0.2) is 30.3 Å². The van der Waals surface area contributed by atoms with Crippen molar-refractivity contribution < 1.29 is 0 Å². The Morgan fingerprint density at radius 3 is 2.47 bits per heavy atom. The summed E-state index contributed by atoms with van der Waals surface area (Å²) in [7, 11) is 0. The van der Waals surface area contributed by atoms with E-state index < -0.39 is 0 Å². The monoisotopic (exact) mass is 270 g/mol. The van der Waals surface area contributed by atoms with Crippen LogP contribution in [0.5, 0.6) is 0 Å². The number of aromatic nitrogens is 2. The van der Waals surface area contributed by atoms with Crippen molar-refractivity contribution in [3.63, 3.8) is 0 Å². The Morgan fingerprint density at radius 2 is 1.74 bits per heavy atom. The van der Waals surface area contributed by atoms with Crippen LogP contribution < -0.4 is 0 Å². The highest BCUT2D eigenvalue weighted by Crippen LogP contribution is 2.42. The van der Waals surface area contributed by atoms with Crippen molar-refractivity contribution in [1.82, 2.24) is 9.97 Å². The molecule has 0 atom stereocenters. The van der Waals surface area contributed by atoms with E-state index in [1.807, 2.05) is 6.07 Å². The third-order valence-corrected chi connectivity index (χ3v) is 4.10. The van der Waals surface area contributed by atoms with Gasteiger partial charge in [0.1, 0.15) is 5.15 Å². The molecule has 0 unspecified atom stereocenters. The predicted octanol–water partition coefficient (Wildman–Crippen LogP) is 4.55. The summed E-state index contributed by atoms with van der Waals surface area (Å²) >= 11 is 6.14. The molecule has 96 valence electrons. The standard InChI is InChI=1S/C16H15ClN2/c17-15-9-14(11-6-7-11)18-16(19-15)13-3-1-2-12(8-13)10-4-5-10/h1-3,8-11H,4-7H2. The molecule has 4 rings (SSSR count). The molecule has 0 saturated heterocycles. The molecule has 0 N–H and O–H groups in total. The van der Waals surface area contributed by atoms with E-state index in [0.717, 1.165) is 23.0 Å². The fourth-order valence-corrected chi connectivity index (χ4v) is 2.69. The Bertz CT molecular complexity index is 630. The zero-order valence-electron chi connectivity index (χ0n) is 10.6. The number of halogens is 1. The van der Waals surface area contributed by atoms with Crippen LogP contribution in [0, 0.1) is 0 Å². The zero-order chi connectivity index (χ0) is 12.8. The van der Waals surface area contributed by atoms with Gasteiger partial charge in [-0.2, -0.15) is 0 Å². The fraction of sp³-hybridized carbons (Fsp3) is 0.375. The lowest BCUT2D eigenvalue weighted by Crippen LogP contribution is -1.95. The van der Waals surface area contributed by atoms with Crippen LogP contribution in [0.4, 0.5) is 0 Å². The molecule has 3 heteroatoms. The number of nitrogens with zero attached hydrogens (tertiary/aromatic N) is 2. The zero-order valence-corrected chi connectivity index (χ0v) is 11.4. The molecule has 1 heterocycles. The van der Waals surface area contributed by atoms with E-state index in [0.29, 0.717) is 11.1 Å². The fourth-order valence-electron chi connectivity index (χ4n) is 2.50. The molecule has 2 fully saturated rings. The second-order valence-corrected chi connectivity index (χ2v) is 6.00. The molecule has 2 saturated carbocycles. The lowest BCUT2D eigenvalue weighted by atomic mass is 10.1. The van der Waals surface area contributed by atoms with Crippen molar-refractivity contribution in [2.75, 3.05) is 0 Å². The average molecular weight is 271 g/mol. The van der Waals surface area contributed by atoms with Gasteiger partial charge in [-0.15, -0.1) is 0 Å². The first-order valence-corrected chi connectivity index (χ1v) is 7.32. The highest BCUT2D eigenvalue weighted by Gasteiger charge is 2.27. The van der Waals surface area contributed by atoms with Crippen molar-refractivity contribution in [2.24, 2.45) is 0 Å². The van der Waals surface area contributed by atoms with E-state index in [2.05, 4.69) is 29.2 Å². The molecule has 0 aliphatic heterocycles. The molecule has 2 nitrogen and oxygen atoms in total. The topological polar surface area (TPSA) is 25.8 Å². The lowest BCUT2D eigenvalue weighted by Gasteiger charge is -2.06. The second kappa shape index (κ2) is 4.31. The Balaban J connectivity index is 1.76. The van der Waals surface area contributed by atoms with Gasteiger partial charge in [0.25, 0.3) is 0 Å². The average Bonchev–Trinajstić information content (AvgIpc) is 3.31. The van der Waals surface area contributed by atoms with Gasteiger partial charge < -0.3 is 0 Å². The third kappa shape index (κ3) is 2.37. The van der Waals surface area contributed by atoms with E-state index in [-0.39, 0.29) is 0 Å². The van der Waals surface area contributed by atoms with Crippen LogP contribution >= 0.6 is 11.6 Å². The number of benzene rings is 1. The lowest BCUT2D eigenvalue weighted by molar-refractivity contribution is 0.993. The SMILES string of the molecule is Clc1cc(C2CC2)nc(-c2cccc(C3CC3)c2)n1. The van der Waals surface area contributed by atoms with Gasteiger partial charge in [-0.1, -0.05) is 29.8 Å². The van der Waals surface area contributed by atoms with Gasteiger partial charge in [-0.3, -0.25) is 0 Å². The van der Waals surface area contributed by atoms with Crippen LogP contribution in [-0.2, 0) is 0 Å². The van der Waals surface area contributed by atoms with Crippen LogP contribution in [0.2, 0.25) is 5.15 Å². The summed E-state index contributed by atoms with van der Waals surface area (Å²) in [6, 6.07) is 10.5. The largest absolute Gasteiger partial charge is 0.233 e. The van der Waals surface area contributed by atoms with Crippen molar-refractivity contribution >= 4 is 11.6 Å². The highest BCUT2D eigenvalue weighted by atomic mass is 35.5. The minimum atomic E-state index is 0.559. The van der Waals surface area contributed by atoms with Crippen LogP contribution in [0.1, 0.15) is 48.8 Å². The quantitative estimate of drug-likeness (QED) is 0.765. The summed E-state index contributed by atoms with van der Waals surface area (Å²) < 4.78 is 0. The molecular formula is C16H15ClN2. The van der Waals surface area contributed by atoms with Crippen molar-refractivity contribution in [1.29, 1.82) is 0 Å². The summed E-state index contributed by atoms with van der Waals surface area (Å²) in [4.78, 5) is 9.08. The van der Waals surface area contributed by atoms with Gasteiger partial charge in [-0.25, -0.2) is 9.97 Å². The summed E-state index contributed by atoms with van der Waals surface area (Å²) in [5.41, 5.74) is 3.61. The second-order valence-electron chi connectivity index (χ2n) is 5.61. The van der Waals surface area contributed by atoms with E-state index in [9.17, 15) is 0 Å². The Hall–Kier alpha value is -1.41. The smallest absolute Gasteiger partial charge is 0.161 e. The van der Waals surface area contributed by atoms with Crippen LogP contribution in [-0.4, -0.2) is 9.97 Å². The minimum absolute atomic E-state index is 0.559. The molecule has 2 aliphatic carbocycles. The molecule has 0 radical (unpaired) electrons. The first kappa shape index (κ1) is 11.4. The summed E-state index contributed by atoms with van der Waals surface area (Å²) in [5, 5.41) is 0.559. The maximum Gasteiger partial charge on any atom is 0.161 e. The maximum atomic E-state index is 6.14. The normalized spacial score (nSPS) is 18.6. The van der Waals surface area contributed by atoms with E-state index in [1.165, 1.54) is 31.2 Å².